The Morgan fingerprint density at radius 1 is 1.06 bits per heavy atom. The van der Waals surface area contributed by atoms with Crippen molar-refractivity contribution in [3.8, 4) is 11.1 Å². The summed E-state index contributed by atoms with van der Waals surface area (Å²) in [6.07, 6.45) is 1.11. The molecule has 0 saturated carbocycles. The molecule has 0 saturated heterocycles. The number of nitrogens with two attached hydrogens (primary N) is 1. The van der Waals surface area contributed by atoms with E-state index in [9.17, 15) is 0 Å². The van der Waals surface area contributed by atoms with Gasteiger partial charge in [0.2, 0.25) is 0 Å². The summed E-state index contributed by atoms with van der Waals surface area (Å²) < 4.78 is 0. The maximum absolute atomic E-state index is 6.21. The van der Waals surface area contributed by atoms with Gasteiger partial charge in [-0.15, -0.1) is 0 Å². The van der Waals surface area contributed by atoms with E-state index >= 15 is 0 Å². The molecule has 0 radical (unpaired) electrons. The fourth-order valence-electron chi connectivity index (χ4n) is 2.06. The Balaban J connectivity index is 2.28. The third-order valence-electron chi connectivity index (χ3n) is 2.90. The van der Waals surface area contributed by atoms with E-state index in [4.69, 9.17) is 17.3 Å². The monoisotopic (exact) mass is 259 g/mol. The number of anilines is 1. The number of hydrogen-bond donors (Lipinski definition) is 1. The van der Waals surface area contributed by atoms with Gasteiger partial charge in [-0.2, -0.15) is 0 Å². The van der Waals surface area contributed by atoms with Gasteiger partial charge in [-0.1, -0.05) is 55.8 Å². The first-order valence-electron chi connectivity index (χ1n) is 6.20. The average molecular weight is 260 g/mol. The topological polar surface area (TPSA) is 26.0 Å². The minimum Gasteiger partial charge on any atom is -0.399 e. The van der Waals surface area contributed by atoms with Gasteiger partial charge in [0.05, 0.1) is 5.02 Å². The molecule has 0 atom stereocenters. The zero-order valence-corrected chi connectivity index (χ0v) is 11.5. The Hall–Kier alpha value is -1.47. The summed E-state index contributed by atoms with van der Waals surface area (Å²) in [5, 5.41) is 0.701. The van der Waals surface area contributed by atoms with Gasteiger partial charge in [0.25, 0.3) is 0 Å². The van der Waals surface area contributed by atoms with Gasteiger partial charge >= 0.3 is 0 Å². The largest absolute Gasteiger partial charge is 0.399 e. The molecule has 0 aliphatic rings. The molecule has 1 nitrogen and oxygen atoms in total. The van der Waals surface area contributed by atoms with Crippen LogP contribution in [0.3, 0.4) is 0 Å². The van der Waals surface area contributed by atoms with Crippen LogP contribution in [-0.2, 0) is 6.42 Å². The van der Waals surface area contributed by atoms with Crippen LogP contribution >= 0.6 is 11.6 Å². The van der Waals surface area contributed by atoms with Gasteiger partial charge in [-0.05, 0) is 35.6 Å². The minimum atomic E-state index is 0.677. The van der Waals surface area contributed by atoms with Crippen molar-refractivity contribution in [2.45, 2.75) is 20.3 Å². The van der Waals surface area contributed by atoms with Crippen LogP contribution in [0, 0.1) is 5.92 Å². The van der Waals surface area contributed by atoms with Crippen LogP contribution in [0.2, 0.25) is 5.02 Å². The Morgan fingerprint density at radius 3 is 2.28 bits per heavy atom. The normalized spacial score (nSPS) is 10.9. The van der Waals surface area contributed by atoms with Crippen LogP contribution in [0.5, 0.6) is 0 Å². The highest BCUT2D eigenvalue weighted by Crippen LogP contribution is 2.29. The van der Waals surface area contributed by atoms with Gasteiger partial charge in [0, 0.05) is 11.3 Å². The van der Waals surface area contributed by atoms with E-state index in [2.05, 4.69) is 38.1 Å². The molecule has 0 heterocycles. The molecule has 0 aliphatic heterocycles. The highest BCUT2D eigenvalue weighted by molar-refractivity contribution is 6.33. The van der Waals surface area contributed by atoms with Crippen molar-refractivity contribution in [2.75, 3.05) is 5.73 Å². The summed E-state index contributed by atoms with van der Waals surface area (Å²) >= 11 is 6.21. The molecule has 2 N–H and O–H groups in total. The maximum atomic E-state index is 6.21. The van der Waals surface area contributed by atoms with Crippen molar-refractivity contribution in [2.24, 2.45) is 5.92 Å². The van der Waals surface area contributed by atoms with E-state index in [0.717, 1.165) is 17.5 Å². The number of nitrogen functional groups attached to an aromatic ring is 1. The zero-order valence-electron chi connectivity index (χ0n) is 10.8. The lowest BCUT2D eigenvalue weighted by molar-refractivity contribution is 0.647. The molecule has 0 fully saturated rings. The Kier molecular flexibility index (Phi) is 3.93. The molecule has 18 heavy (non-hydrogen) atoms. The SMILES string of the molecule is CC(C)Cc1ccc(-c2ccc(N)cc2Cl)cc1. The number of rotatable bonds is 3. The molecule has 2 aromatic rings. The molecular weight excluding hydrogens is 242 g/mol. The lowest BCUT2D eigenvalue weighted by Crippen LogP contribution is -1.93. The van der Waals surface area contributed by atoms with E-state index in [1.54, 1.807) is 6.07 Å². The minimum absolute atomic E-state index is 0.677. The smallest absolute Gasteiger partial charge is 0.0504 e. The number of benzene rings is 2. The summed E-state index contributed by atoms with van der Waals surface area (Å²) in [5.74, 6) is 0.677. The lowest BCUT2D eigenvalue weighted by Gasteiger charge is -2.08. The third-order valence-corrected chi connectivity index (χ3v) is 3.21. The third kappa shape index (κ3) is 3.05. The van der Waals surface area contributed by atoms with Crippen LogP contribution in [-0.4, -0.2) is 0 Å². The van der Waals surface area contributed by atoms with Crippen LogP contribution in [0.25, 0.3) is 11.1 Å². The molecule has 2 rings (SSSR count). The summed E-state index contributed by atoms with van der Waals surface area (Å²) in [6, 6.07) is 14.2. The predicted octanol–water partition coefficient (Wildman–Crippen LogP) is 4.79. The second kappa shape index (κ2) is 5.45. The maximum Gasteiger partial charge on any atom is 0.0504 e. The van der Waals surface area contributed by atoms with Gasteiger partial charge in [-0.3, -0.25) is 0 Å². The summed E-state index contributed by atoms with van der Waals surface area (Å²) in [4.78, 5) is 0. The second-order valence-corrected chi connectivity index (χ2v) is 5.44. The standard InChI is InChI=1S/C16H18ClN/c1-11(2)9-12-3-5-13(6-4-12)15-8-7-14(18)10-16(15)17/h3-8,10-11H,9,18H2,1-2H3. The van der Waals surface area contributed by atoms with Gasteiger partial charge in [0.15, 0.2) is 0 Å². The lowest BCUT2D eigenvalue weighted by atomic mass is 9.99. The van der Waals surface area contributed by atoms with E-state index in [1.165, 1.54) is 5.56 Å². The Morgan fingerprint density at radius 2 is 1.72 bits per heavy atom. The van der Waals surface area contributed by atoms with Crippen LogP contribution in [0.1, 0.15) is 19.4 Å². The fraction of sp³-hybridized carbons (Fsp3) is 0.250. The fourth-order valence-corrected chi connectivity index (χ4v) is 2.36. The highest BCUT2D eigenvalue weighted by atomic mass is 35.5. The van der Waals surface area contributed by atoms with E-state index in [1.807, 2.05) is 12.1 Å². The summed E-state index contributed by atoms with van der Waals surface area (Å²) in [7, 11) is 0. The number of hydrogen-bond acceptors (Lipinski definition) is 1. The van der Waals surface area contributed by atoms with E-state index < -0.39 is 0 Å². The molecule has 0 bridgehead atoms. The van der Waals surface area contributed by atoms with Gasteiger partial charge in [-0.25, -0.2) is 0 Å². The van der Waals surface area contributed by atoms with Crippen LogP contribution < -0.4 is 5.73 Å². The van der Waals surface area contributed by atoms with Crippen LogP contribution in [0.4, 0.5) is 5.69 Å². The average Bonchev–Trinajstić information content (AvgIpc) is 2.30. The molecule has 0 aromatic heterocycles. The molecule has 0 unspecified atom stereocenters. The molecule has 2 aromatic carbocycles. The quantitative estimate of drug-likeness (QED) is 0.788. The van der Waals surface area contributed by atoms with Crippen LogP contribution in [0.15, 0.2) is 42.5 Å². The first-order valence-corrected chi connectivity index (χ1v) is 6.58. The highest BCUT2D eigenvalue weighted by Gasteiger charge is 2.04. The first kappa shape index (κ1) is 13.0. The molecule has 94 valence electrons. The summed E-state index contributed by atoms with van der Waals surface area (Å²) in [5.41, 5.74) is 9.92. The summed E-state index contributed by atoms with van der Waals surface area (Å²) in [6.45, 7) is 4.45. The molecule has 0 spiro atoms. The van der Waals surface area contributed by atoms with E-state index in [-0.39, 0.29) is 0 Å². The first-order chi connectivity index (χ1) is 8.56. The Bertz CT molecular complexity index is 529. The molecular formula is C16H18ClN. The van der Waals surface area contributed by atoms with Crippen molar-refractivity contribution in [3.05, 3.63) is 53.1 Å². The number of halogens is 1. The van der Waals surface area contributed by atoms with Gasteiger partial charge in [0.1, 0.15) is 0 Å². The van der Waals surface area contributed by atoms with Crippen molar-refractivity contribution in [1.29, 1.82) is 0 Å². The van der Waals surface area contributed by atoms with Crippen molar-refractivity contribution in [1.82, 2.24) is 0 Å². The predicted molar refractivity (Wildman–Crippen MR) is 79.8 cm³/mol. The van der Waals surface area contributed by atoms with Crippen molar-refractivity contribution < 1.29 is 0 Å². The van der Waals surface area contributed by atoms with E-state index in [0.29, 0.717) is 16.6 Å². The van der Waals surface area contributed by atoms with Gasteiger partial charge < -0.3 is 5.73 Å². The zero-order chi connectivity index (χ0) is 13.1. The van der Waals surface area contributed by atoms with Crippen molar-refractivity contribution >= 4 is 17.3 Å². The van der Waals surface area contributed by atoms with Crippen molar-refractivity contribution in [3.63, 3.8) is 0 Å². The molecule has 0 amide bonds. The second-order valence-electron chi connectivity index (χ2n) is 5.03. The molecule has 2 heteroatoms. The Labute approximate surface area is 114 Å². The molecule has 0 aliphatic carbocycles.